The van der Waals surface area contributed by atoms with Gasteiger partial charge in [0.2, 0.25) is 0 Å². The molecule has 1 aromatic rings. The third-order valence-corrected chi connectivity index (χ3v) is 4.17. The lowest BCUT2D eigenvalue weighted by molar-refractivity contribution is -0.385. The maximum absolute atomic E-state index is 14.1. The summed E-state index contributed by atoms with van der Waals surface area (Å²) in [6.45, 7) is 9.65. The van der Waals surface area contributed by atoms with Gasteiger partial charge in [-0.05, 0) is 39.8 Å². The SMILES string of the molecule is CC(C)(C)OC(=O)NCCCN1CCN(c2ccc([N+](=O)[O-])cc2F)CC1. The summed E-state index contributed by atoms with van der Waals surface area (Å²) in [5.74, 6) is -0.570. The van der Waals surface area contributed by atoms with Crippen molar-refractivity contribution in [2.45, 2.75) is 32.8 Å². The normalized spacial score (nSPS) is 15.5. The van der Waals surface area contributed by atoms with Gasteiger partial charge in [-0.2, -0.15) is 0 Å². The molecule has 0 aliphatic carbocycles. The average Bonchev–Trinajstić information content (AvgIpc) is 2.58. The van der Waals surface area contributed by atoms with Gasteiger partial charge in [-0.25, -0.2) is 9.18 Å². The number of non-ortho nitro benzene ring substituents is 1. The highest BCUT2D eigenvalue weighted by Gasteiger charge is 2.21. The van der Waals surface area contributed by atoms with Crippen LogP contribution in [0, 0.1) is 15.9 Å². The van der Waals surface area contributed by atoms with Crippen LogP contribution in [0.5, 0.6) is 0 Å². The topological polar surface area (TPSA) is 88.0 Å². The Bertz CT molecular complexity index is 670. The number of anilines is 1. The molecule has 1 aliphatic rings. The predicted molar refractivity (Wildman–Crippen MR) is 101 cm³/mol. The number of nitrogens with one attached hydrogen (secondary N) is 1. The van der Waals surface area contributed by atoms with Gasteiger partial charge < -0.3 is 15.0 Å². The molecule has 1 aromatic carbocycles. The fourth-order valence-electron chi connectivity index (χ4n) is 2.89. The molecule has 1 heterocycles. The molecule has 0 spiro atoms. The smallest absolute Gasteiger partial charge is 0.407 e. The molecular weight excluding hydrogens is 355 g/mol. The maximum atomic E-state index is 14.1. The van der Waals surface area contributed by atoms with Crippen molar-refractivity contribution in [3.05, 3.63) is 34.1 Å². The van der Waals surface area contributed by atoms with Gasteiger partial charge in [0.05, 0.1) is 16.7 Å². The van der Waals surface area contributed by atoms with Crippen molar-refractivity contribution in [1.82, 2.24) is 10.2 Å². The number of carbonyl (C=O) groups is 1. The van der Waals surface area contributed by atoms with E-state index in [2.05, 4.69) is 10.2 Å². The van der Waals surface area contributed by atoms with E-state index in [4.69, 9.17) is 4.74 Å². The Morgan fingerprint density at radius 2 is 1.96 bits per heavy atom. The maximum Gasteiger partial charge on any atom is 0.407 e. The zero-order valence-corrected chi connectivity index (χ0v) is 16.0. The van der Waals surface area contributed by atoms with E-state index in [9.17, 15) is 19.3 Å². The van der Waals surface area contributed by atoms with Crippen molar-refractivity contribution < 1.29 is 18.8 Å². The van der Waals surface area contributed by atoms with Gasteiger partial charge in [-0.3, -0.25) is 15.0 Å². The molecule has 150 valence electrons. The number of benzene rings is 1. The fraction of sp³-hybridized carbons (Fsp3) is 0.611. The van der Waals surface area contributed by atoms with Crippen molar-refractivity contribution >= 4 is 17.5 Å². The number of nitro benzene ring substituents is 1. The van der Waals surface area contributed by atoms with Crippen LogP contribution >= 0.6 is 0 Å². The number of ether oxygens (including phenoxy) is 1. The fourth-order valence-corrected chi connectivity index (χ4v) is 2.89. The zero-order chi connectivity index (χ0) is 20.0. The Hall–Kier alpha value is -2.42. The lowest BCUT2D eigenvalue weighted by Crippen LogP contribution is -2.47. The average molecular weight is 382 g/mol. The largest absolute Gasteiger partial charge is 0.444 e. The van der Waals surface area contributed by atoms with Gasteiger partial charge in [0, 0.05) is 38.8 Å². The van der Waals surface area contributed by atoms with Crippen LogP contribution in [0.2, 0.25) is 0 Å². The molecule has 27 heavy (non-hydrogen) atoms. The number of halogens is 1. The summed E-state index contributed by atoms with van der Waals surface area (Å²) in [5.41, 5.74) is -0.354. The second-order valence-electron chi connectivity index (χ2n) is 7.50. The second-order valence-corrected chi connectivity index (χ2v) is 7.50. The van der Waals surface area contributed by atoms with E-state index in [-0.39, 0.29) is 5.69 Å². The minimum atomic E-state index is -0.601. The van der Waals surface area contributed by atoms with Gasteiger partial charge in [-0.1, -0.05) is 0 Å². The van der Waals surface area contributed by atoms with Crippen molar-refractivity contribution in [1.29, 1.82) is 0 Å². The first-order valence-electron chi connectivity index (χ1n) is 9.04. The van der Waals surface area contributed by atoms with Crippen LogP contribution in [-0.2, 0) is 4.74 Å². The molecule has 1 amide bonds. The quantitative estimate of drug-likeness (QED) is 0.462. The van der Waals surface area contributed by atoms with E-state index >= 15 is 0 Å². The number of piperazine rings is 1. The number of nitrogens with zero attached hydrogens (tertiary/aromatic N) is 3. The molecule has 2 rings (SSSR count). The third-order valence-electron chi connectivity index (χ3n) is 4.17. The monoisotopic (exact) mass is 382 g/mol. The van der Waals surface area contributed by atoms with Crippen LogP contribution in [0.25, 0.3) is 0 Å². The summed E-state index contributed by atoms with van der Waals surface area (Å²) in [5, 5.41) is 13.4. The van der Waals surface area contributed by atoms with Gasteiger partial charge in [0.1, 0.15) is 5.60 Å². The molecule has 0 radical (unpaired) electrons. The van der Waals surface area contributed by atoms with E-state index in [1.165, 1.54) is 12.1 Å². The van der Waals surface area contributed by atoms with Crippen LogP contribution in [-0.4, -0.2) is 60.8 Å². The standard InChI is InChI=1S/C18H27FN4O4/c1-18(2,3)27-17(24)20-7-4-8-21-9-11-22(12-10-21)16-6-5-14(23(25)26)13-15(16)19/h5-6,13H,4,7-12H2,1-3H3,(H,20,24). The van der Waals surface area contributed by atoms with E-state index in [1.54, 1.807) is 0 Å². The molecule has 0 saturated carbocycles. The number of hydrogen-bond acceptors (Lipinski definition) is 6. The van der Waals surface area contributed by atoms with E-state index in [0.29, 0.717) is 25.3 Å². The van der Waals surface area contributed by atoms with Gasteiger partial charge >= 0.3 is 6.09 Å². The predicted octanol–water partition coefficient (Wildman–Crippen LogP) is 2.77. The highest BCUT2D eigenvalue weighted by molar-refractivity contribution is 5.67. The number of amides is 1. The second kappa shape index (κ2) is 8.98. The summed E-state index contributed by atoms with van der Waals surface area (Å²) < 4.78 is 19.3. The molecule has 1 saturated heterocycles. The lowest BCUT2D eigenvalue weighted by Gasteiger charge is -2.36. The van der Waals surface area contributed by atoms with E-state index in [1.807, 2.05) is 25.7 Å². The molecule has 0 unspecified atom stereocenters. The first-order valence-corrected chi connectivity index (χ1v) is 9.04. The molecule has 1 fully saturated rings. The Kier molecular flexibility index (Phi) is 6.95. The Balaban J connectivity index is 1.71. The Labute approximate surface area is 158 Å². The van der Waals surface area contributed by atoms with Crippen LogP contribution < -0.4 is 10.2 Å². The molecule has 8 nitrogen and oxygen atoms in total. The molecule has 1 N–H and O–H groups in total. The lowest BCUT2D eigenvalue weighted by atomic mass is 10.2. The minimum absolute atomic E-state index is 0.243. The summed E-state index contributed by atoms with van der Waals surface area (Å²) in [4.78, 5) is 25.8. The molecule has 9 heteroatoms. The highest BCUT2D eigenvalue weighted by atomic mass is 19.1. The van der Waals surface area contributed by atoms with Gasteiger partial charge in [-0.15, -0.1) is 0 Å². The van der Waals surface area contributed by atoms with Crippen LogP contribution in [0.15, 0.2) is 18.2 Å². The van der Waals surface area contributed by atoms with Crippen molar-refractivity contribution in [2.75, 3.05) is 44.2 Å². The first kappa shape index (κ1) is 20.9. The Morgan fingerprint density at radius 1 is 1.30 bits per heavy atom. The van der Waals surface area contributed by atoms with Crippen LogP contribution in [0.1, 0.15) is 27.2 Å². The third kappa shape index (κ3) is 6.67. The molecule has 0 atom stereocenters. The molecule has 0 bridgehead atoms. The first-order chi connectivity index (χ1) is 12.7. The van der Waals surface area contributed by atoms with Crippen molar-refractivity contribution in [3.63, 3.8) is 0 Å². The molecule has 1 aliphatic heterocycles. The number of alkyl carbamates (subject to hydrolysis) is 1. The zero-order valence-electron chi connectivity index (χ0n) is 16.0. The van der Waals surface area contributed by atoms with Crippen LogP contribution in [0.4, 0.5) is 20.6 Å². The van der Waals surface area contributed by atoms with Gasteiger partial charge in [0.25, 0.3) is 5.69 Å². The molecule has 0 aromatic heterocycles. The van der Waals surface area contributed by atoms with Crippen LogP contribution in [0.3, 0.4) is 0 Å². The summed E-state index contributed by atoms with van der Waals surface area (Å²) in [6.07, 6.45) is 0.381. The number of carbonyl (C=O) groups excluding carboxylic acids is 1. The highest BCUT2D eigenvalue weighted by Crippen LogP contribution is 2.25. The molecular formula is C18H27FN4O4. The van der Waals surface area contributed by atoms with E-state index < -0.39 is 22.4 Å². The summed E-state index contributed by atoms with van der Waals surface area (Å²) >= 11 is 0. The summed E-state index contributed by atoms with van der Waals surface area (Å²) in [6, 6.07) is 3.76. The van der Waals surface area contributed by atoms with Gasteiger partial charge in [0.15, 0.2) is 5.82 Å². The van der Waals surface area contributed by atoms with Crippen molar-refractivity contribution in [3.8, 4) is 0 Å². The number of rotatable bonds is 6. The minimum Gasteiger partial charge on any atom is -0.444 e. The Morgan fingerprint density at radius 3 is 2.52 bits per heavy atom. The number of hydrogen-bond donors (Lipinski definition) is 1. The van der Waals surface area contributed by atoms with E-state index in [0.717, 1.165) is 32.1 Å². The van der Waals surface area contributed by atoms with Crippen molar-refractivity contribution in [2.24, 2.45) is 0 Å². The summed E-state index contributed by atoms with van der Waals surface area (Å²) in [7, 11) is 0. The number of nitro groups is 1.